The molecule has 5 nitrogen and oxygen atoms in total. The first-order chi connectivity index (χ1) is 12.5. The minimum atomic E-state index is -3.36. The molecule has 26 heavy (non-hydrogen) atoms. The summed E-state index contributed by atoms with van der Waals surface area (Å²) in [5.41, 5.74) is 1.01. The normalized spacial score (nSPS) is 21.7. The smallest absolute Gasteiger partial charge is 0.256 e. The largest absolute Gasteiger partial charge is 0.457 e. The van der Waals surface area contributed by atoms with Gasteiger partial charge in [0.15, 0.2) is 0 Å². The summed E-state index contributed by atoms with van der Waals surface area (Å²) in [6, 6.07) is 13.5. The SMILES string of the molecule is O=S1(=O)CCN2CCCC(c3ccc(Oc4cccc(F)c4)cc3)C2=N1. The van der Waals surface area contributed by atoms with Crippen molar-refractivity contribution in [2.75, 3.05) is 18.8 Å². The van der Waals surface area contributed by atoms with E-state index in [2.05, 4.69) is 9.30 Å². The summed E-state index contributed by atoms with van der Waals surface area (Å²) >= 11 is 0. The molecular formula is C19H19FN2O3S. The Morgan fingerprint density at radius 2 is 1.88 bits per heavy atom. The highest BCUT2D eigenvalue weighted by atomic mass is 32.2. The Morgan fingerprint density at radius 1 is 1.08 bits per heavy atom. The van der Waals surface area contributed by atoms with E-state index < -0.39 is 10.0 Å². The van der Waals surface area contributed by atoms with Crippen molar-refractivity contribution in [3.05, 3.63) is 59.9 Å². The lowest BCUT2D eigenvalue weighted by atomic mass is 9.89. The fraction of sp³-hybridized carbons (Fsp3) is 0.316. The first kappa shape index (κ1) is 17.0. The highest BCUT2D eigenvalue weighted by Crippen LogP contribution is 2.33. The Bertz CT molecular complexity index is 942. The number of fused-ring (bicyclic) bond motifs is 1. The van der Waals surface area contributed by atoms with E-state index >= 15 is 0 Å². The zero-order chi connectivity index (χ0) is 18.1. The monoisotopic (exact) mass is 374 g/mol. The van der Waals surface area contributed by atoms with Crippen molar-refractivity contribution in [3.63, 3.8) is 0 Å². The molecular weight excluding hydrogens is 355 g/mol. The summed E-state index contributed by atoms with van der Waals surface area (Å²) in [6.45, 7) is 1.37. The Hall–Kier alpha value is -2.41. The van der Waals surface area contributed by atoms with Gasteiger partial charge in [0.1, 0.15) is 23.2 Å². The number of benzene rings is 2. The summed E-state index contributed by atoms with van der Waals surface area (Å²) in [6.07, 6.45) is 1.88. The van der Waals surface area contributed by atoms with Crippen LogP contribution in [0.5, 0.6) is 11.5 Å². The van der Waals surface area contributed by atoms with Crippen molar-refractivity contribution in [1.82, 2.24) is 4.90 Å². The molecule has 2 aliphatic heterocycles. The lowest BCUT2D eigenvalue weighted by Gasteiger charge is -2.37. The number of amidine groups is 1. The minimum Gasteiger partial charge on any atom is -0.457 e. The number of piperidine rings is 1. The average Bonchev–Trinajstić information content (AvgIpc) is 2.61. The average molecular weight is 374 g/mol. The highest BCUT2D eigenvalue weighted by molar-refractivity contribution is 7.90. The van der Waals surface area contributed by atoms with Crippen LogP contribution in [0.4, 0.5) is 4.39 Å². The van der Waals surface area contributed by atoms with E-state index in [1.165, 1.54) is 12.1 Å². The van der Waals surface area contributed by atoms with Gasteiger partial charge in [-0.05, 0) is 42.7 Å². The molecule has 2 aromatic rings. The van der Waals surface area contributed by atoms with Crippen molar-refractivity contribution >= 4 is 15.9 Å². The van der Waals surface area contributed by atoms with Crippen LogP contribution in [0.1, 0.15) is 24.3 Å². The van der Waals surface area contributed by atoms with Crippen molar-refractivity contribution in [3.8, 4) is 11.5 Å². The van der Waals surface area contributed by atoms with Crippen LogP contribution in [0.15, 0.2) is 52.9 Å². The molecule has 2 heterocycles. The third-order valence-electron chi connectivity index (χ3n) is 4.72. The van der Waals surface area contributed by atoms with E-state index in [1.807, 2.05) is 24.3 Å². The predicted octanol–water partition coefficient (Wildman–Crippen LogP) is 3.54. The zero-order valence-electron chi connectivity index (χ0n) is 14.1. The van der Waals surface area contributed by atoms with Crippen molar-refractivity contribution in [1.29, 1.82) is 0 Å². The maximum absolute atomic E-state index is 13.3. The Kier molecular flexibility index (Phi) is 4.40. The summed E-state index contributed by atoms with van der Waals surface area (Å²) in [5.74, 6) is 1.40. The molecule has 0 spiro atoms. The van der Waals surface area contributed by atoms with Crippen molar-refractivity contribution < 1.29 is 17.5 Å². The molecule has 0 saturated carbocycles. The third kappa shape index (κ3) is 3.58. The molecule has 2 aliphatic rings. The van der Waals surface area contributed by atoms with Crippen molar-refractivity contribution in [2.45, 2.75) is 18.8 Å². The Morgan fingerprint density at radius 3 is 2.65 bits per heavy atom. The van der Waals surface area contributed by atoms with Gasteiger partial charge in [0.05, 0.1) is 5.75 Å². The molecule has 0 aliphatic carbocycles. The molecule has 4 rings (SSSR count). The van der Waals surface area contributed by atoms with Crippen LogP contribution in [0.2, 0.25) is 0 Å². The second-order valence-electron chi connectivity index (χ2n) is 6.55. The maximum Gasteiger partial charge on any atom is 0.256 e. The van der Waals surface area contributed by atoms with Gasteiger partial charge in [-0.2, -0.15) is 0 Å². The second kappa shape index (κ2) is 6.72. The molecule has 136 valence electrons. The first-order valence-corrected chi connectivity index (χ1v) is 10.2. The number of rotatable bonds is 3. The summed E-state index contributed by atoms with van der Waals surface area (Å²) < 4.78 is 46.8. The fourth-order valence-electron chi connectivity index (χ4n) is 3.46. The van der Waals surface area contributed by atoms with Crippen LogP contribution in [0.25, 0.3) is 0 Å². The summed E-state index contributed by atoms with van der Waals surface area (Å²) in [7, 11) is -3.36. The number of hydrogen-bond donors (Lipinski definition) is 0. The van der Waals surface area contributed by atoms with E-state index in [-0.39, 0.29) is 17.5 Å². The molecule has 1 saturated heterocycles. The first-order valence-electron chi connectivity index (χ1n) is 8.61. The van der Waals surface area contributed by atoms with Gasteiger partial charge in [-0.1, -0.05) is 18.2 Å². The van der Waals surface area contributed by atoms with Gasteiger partial charge in [0, 0.05) is 25.1 Å². The number of halogens is 1. The molecule has 1 fully saturated rings. The van der Waals surface area contributed by atoms with Crippen LogP contribution in [0.3, 0.4) is 0 Å². The Balaban J connectivity index is 1.57. The van der Waals surface area contributed by atoms with Gasteiger partial charge in [0.25, 0.3) is 10.0 Å². The number of hydrogen-bond acceptors (Lipinski definition) is 4. The standard InChI is InChI=1S/C19H19FN2O3S/c20-15-3-1-4-17(13-15)25-16-8-6-14(7-9-16)18-5-2-10-22-11-12-26(23,24)21-19(18)22/h1,3-4,6-9,13,18H,2,5,10-12H2. The molecule has 0 aromatic heterocycles. The van der Waals surface area contributed by atoms with E-state index in [1.54, 1.807) is 12.1 Å². The molecule has 0 N–H and O–H groups in total. The molecule has 1 unspecified atom stereocenters. The van der Waals surface area contributed by atoms with Gasteiger partial charge in [-0.25, -0.2) is 12.8 Å². The molecule has 1 atom stereocenters. The molecule has 2 aromatic carbocycles. The maximum atomic E-state index is 13.3. The van der Waals surface area contributed by atoms with Crippen LogP contribution in [-0.2, 0) is 10.0 Å². The van der Waals surface area contributed by atoms with Gasteiger partial charge in [-0.3, -0.25) is 0 Å². The quantitative estimate of drug-likeness (QED) is 0.825. The molecule has 0 radical (unpaired) electrons. The van der Waals surface area contributed by atoms with Gasteiger partial charge in [-0.15, -0.1) is 4.40 Å². The lowest BCUT2D eigenvalue weighted by molar-refractivity contribution is 0.366. The van der Waals surface area contributed by atoms with Crippen LogP contribution in [0, 0.1) is 5.82 Å². The van der Waals surface area contributed by atoms with E-state index in [0.717, 1.165) is 24.9 Å². The molecule has 0 amide bonds. The minimum absolute atomic E-state index is 0.0259. The van der Waals surface area contributed by atoms with E-state index in [0.29, 0.717) is 23.9 Å². The predicted molar refractivity (Wildman–Crippen MR) is 97.7 cm³/mol. The van der Waals surface area contributed by atoms with Gasteiger partial charge >= 0.3 is 0 Å². The molecule has 0 bridgehead atoms. The highest BCUT2D eigenvalue weighted by Gasteiger charge is 2.33. The molecule has 7 heteroatoms. The van der Waals surface area contributed by atoms with Crippen molar-refractivity contribution in [2.24, 2.45) is 4.40 Å². The summed E-state index contributed by atoms with van der Waals surface area (Å²) in [4.78, 5) is 2.08. The van der Waals surface area contributed by atoms with E-state index in [4.69, 9.17) is 4.74 Å². The fourth-order valence-corrected chi connectivity index (χ4v) is 4.53. The van der Waals surface area contributed by atoms with Crippen LogP contribution in [-0.4, -0.2) is 38.0 Å². The summed E-state index contributed by atoms with van der Waals surface area (Å²) in [5, 5.41) is 0. The Labute approximate surface area is 152 Å². The topological polar surface area (TPSA) is 59.0 Å². The zero-order valence-corrected chi connectivity index (χ0v) is 15.0. The second-order valence-corrected chi connectivity index (χ2v) is 8.30. The number of sulfonamides is 1. The van der Waals surface area contributed by atoms with E-state index in [9.17, 15) is 12.8 Å². The van der Waals surface area contributed by atoms with Gasteiger partial charge in [0.2, 0.25) is 0 Å². The number of nitrogens with zero attached hydrogens (tertiary/aromatic N) is 2. The number of ether oxygens (including phenoxy) is 1. The lowest BCUT2D eigenvalue weighted by Crippen LogP contribution is -2.46. The van der Waals surface area contributed by atoms with Gasteiger partial charge < -0.3 is 9.64 Å². The third-order valence-corrected chi connectivity index (χ3v) is 5.89. The van der Waals surface area contributed by atoms with Crippen LogP contribution < -0.4 is 4.74 Å². The van der Waals surface area contributed by atoms with Crippen LogP contribution >= 0.6 is 0 Å².